The van der Waals surface area contributed by atoms with Crippen molar-refractivity contribution in [2.75, 3.05) is 19.7 Å². The molecule has 6 heteroatoms. The molecule has 0 aromatic heterocycles. The van der Waals surface area contributed by atoms with Crippen LogP contribution in [0.2, 0.25) is 0 Å². The number of aliphatic carboxylic acids is 1. The summed E-state index contributed by atoms with van der Waals surface area (Å²) < 4.78 is 12.4. The van der Waals surface area contributed by atoms with E-state index in [0.717, 1.165) is 28.7 Å². The lowest BCUT2D eigenvalue weighted by Crippen LogP contribution is -2.45. The number of carboxylic acid groups (broad SMARTS) is 1. The molecule has 0 bridgehead atoms. The van der Waals surface area contributed by atoms with E-state index in [-0.39, 0.29) is 30.6 Å². The van der Waals surface area contributed by atoms with Crippen LogP contribution in [-0.2, 0) is 14.3 Å². The number of carboxylic acids is 1. The van der Waals surface area contributed by atoms with Gasteiger partial charge in [0.25, 0.3) is 0 Å². The molecule has 2 aromatic carbocycles. The Balaban J connectivity index is 1.39. The number of fused-ring (bicyclic) bond motifs is 4. The van der Waals surface area contributed by atoms with Crippen molar-refractivity contribution in [3.8, 4) is 11.1 Å². The van der Waals surface area contributed by atoms with Crippen molar-refractivity contribution in [3.05, 3.63) is 70.8 Å². The number of carbonyl (C=O) groups is 2. The normalized spacial score (nSPS) is 22.0. The van der Waals surface area contributed by atoms with E-state index in [1.807, 2.05) is 45.0 Å². The second-order valence-corrected chi connectivity index (χ2v) is 12.9. The van der Waals surface area contributed by atoms with Gasteiger partial charge in [0.1, 0.15) is 13.2 Å². The van der Waals surface area contributed by atoms with Crippen molar-refractivity contribution >= 4 is 12.1 Å². The number of nitrogens with zero attached hydrogens (tertiary/aromatic N) is 1. The Bertz CT molecular complexity index is 1260. The third-order valence-electron chi connectivity index (χ3n) is 8.71. The van der Waals surface area contributed by atoms with E-state index in [1.165, 1.54) is 22.5 Å². The third kappa shape index (κ3) is 5.36. The van der Waals surface area contributed by atoms with Crippen LogP contribution < -0.4 is 0 Å². The van der Waals surface area contributed by atoms with E-state index in [4.69, 9.17) is 9.47 Å². The van der Waals surface area contributed by atoms with Crippen LogP contribution >= 0.6 is 0 Å². The zero-order chi connectivity index (χ0) is 28.1. The van der Waals surface area contributed by atoms with Crippen LogP contribution in [0.25, 0.3) is 11.1 Å². The molecule has 6 nitrogen and oxygen atoms in total. The number of benzene rings is 2. The van der Waals surface area contributed by atoms with E-state index in [9.17, 15) is 14.7 Å². The Morgan fingerprint density at radius 2 is 1.62 bits per heavy atom. The second kappa shape index (κ2) is 10.1. The van der Waals surface area contributed by atoms with Crippen LogP contribution in [0.15, 0.2) is 59.7 Å². The Kier molecular flexibility index (Phi) is 7.13. The SMILES string of the molecule is CC1CCC2C(=C1C(CN(CC(=O)O)C(=O)OCC1c3ccccc3-c3ccccc31)OC(C)(C)C)C2(C)C. The van der Waals surface area contributed by atoms with Gasteiger partial charge < -0.3 is 14.6 Å². The summed E-state index contributed by atoms with van der Waals surface area (Å²) in [7, 11) is 0. The minimum Gasteiger partial charge on any atom is -0.480 e. The Morgan fingerprint density at radius 3 is 2.18 bits per heavy atom. The topological polar surface area (TPSA) is 76.1 Å². The predicted octanol–water partition coefficient (Wildman–Crippen LogP) is 6.89. The number of allylic oxidation sites excluding steroid dienone is 1. The molecule has 208 valence electrons. The van der Waals surface area contributed by atoms with Gasteiger partial charge in [-0.3, -0.25) is 9.69 Å². The summed E-state index contributed by atoms with van der Waals surface area (Å²) in [5.41, 5.74) is 6.88. The maximum absolute atomic E-state index is 13.5. The highest BCUT2D eigenvalue weighted by atomic mass is 16.6. The van der Waals surface area contributed by atoms with Crippen LogP contribution in [0.1, 0.15) is 71.4 Å². The smallest absolute Gasteiger partial charge is 0.410 e. The summed E-state index contributed by atoms with van der Waals surface area (Å²) >= 11 is 0. The first-order chi connectivity index (χ1) is 18.4. The molecule has 3 atom stereocenters. The number of carbonyl (C=O) groups excluding carboxylic acids is 1. The van der Waals surface area contributed by atoms with Crippen LogP contribution in [0.5, 0.6) is 0 Å². The van der Waals surface area contributed by atoms with E-state index < -0.39 is 24.2 Å². The fourth-order valence-electron chi connectivity index (χ4n) is 6.92. The molecule has 3 aliphatic rings. The molecule has 3 unspecified atom stereocenters. The Morgan fingerprint density at radius 1 is 1.03 bits per heavy atom. The van der Waals surface area contributed by atoms with Gasteiger partial charge in [0.05, 0.1) is 18.2 Å². The summed E-state index contributed by atoms with van der Waals surface area (Å²) in [6.07, 6.45) is 1.23. The van der Waals surface area contributed by atoms with Gasteiger partial charge >= 0.3 is 12.1 Å². The summed E-state index contributed by atoms with van der Waals surface area (Å²) in [5, 5.41) is 9.72. The maximum Gasteiger partial charge on any atom is 0.410 e. The van der Waals surface area contributed by atoms with Gasteiger partial charge in [-0.15, -0.1) is 0 Å². The fourth-order valence-corrected chi connectivity index (χ4v) is 6.92. The predicted molar refractivity (Wildman–Crippen MR) is 152 cm³/mol. The average Bonchev–Trinajstić information content (AvgIpc) is 3.27. The summed E-state index contributed by atoms with van der Waals surface area (Å²) in [5.74, 6) is -0.306. The molecule has 2 aromatic rings. The number of ether oxygens (including phenoxy) is 2. The number of amides is 1. The highest BCUT2D eigenvalue weighted by molar-refractivity contribution is 5.79. The van der Waals surface area contributed by atoms with Crippen LogP contribution in [0, 0.1) is 17.3 Å². The zero-order valence-electron chi connectivity index (χ0n) is 24.0. The molecule has 1 amide bonds. The fraction of sp³-hybridized carbons (Fsp3) is 0.515. The minimum absolute atomic E-state index is 0.0917. The Labute approximate surface area is 232 Å². The largest absolute Gasteiger partial charge is 0.480 e. The van der Waals surface area contributed by atoms with Gasteiger partial charge in [-0.25, -0.2) is 4.79 Å². The van der Waals surface area contributed by atoms with E-state index >= 15 is 0 Å². The van der Waals surface area contributed by atoms with Crippen molar-refractivity contribution in [3.63, 3.8) is 0 Å². The summed E-state index contributed by atoms with van der Waals surface area (Å²) in [6.45, 7) is 12.6. The molecule has 0 aliphatic heterocycles. The summed E-state index contributed by atoms with van der Waals surface area (Å²) in [4.78, 5) is 26.7. The summed E-state index contributed by atoms with van der Waals surface area (Å²) in [6, 6.07) is 16.4. The van der Waals surface area contributed by atoms with Crippen LogP contribution in [0.3, 0.4) is 0 Å². The highest BCUT2D eigenvalue weighted by Crippen LogP contribution is 2.65. The number of rotatable bonds is 8. The van der Waals surface area contributed by atoms with Crippen molar-refractivity contribution in [2.45, 2.75) is 72.0 Å². The first-order valence-corrected chi connectivity index (χ1v) is 14.1. The lowest BCUT2D eigenvalue weighted by molar-refractivity contribution is -0.138. The first-order valence-electron chi connectivity index (χ1n) is 14.1. The molecular weight excluding hydrogens is 490 g/mol. The quantitative estimate of drug-likeness (QED) is 0.376. The molecule has 0 spiro atoms. The standard InChI is InChI=1S/C33H41NO5/c1-20-15-16-26-30(33(26,5)6)29(20)27(39-32(2,3)4)17-34(18-28(35)36)31(37)38-19-25-23-13-9-7-11-21(23)22-12-8-10-14-24(22)25/h7-14,20,25-27H,15-19H2,1-6H3,(H,35,36). The minimum atomic E-state index is -1.07. The van der Waals surface area contributed by atoms with E-state index in [2.05, 4.69) is 45.0 Å². The van der Waals surface area contributed by atoms with Gasteiger partial charge in [-0.05, 0) is 78.7 Å². The molecular formula is C33H41NO5. The van der Waals surface area contributed by atoms with Crippen molar-refractivity contribution in [1.29, 1.82) is 0 Å². The Hall–Kier alpha value is -3.12. The molecule has 1 N–H and O–H groups in total. The molecule has 1 fully saturated rings. The number of hydrogen-bond donors (Lipinski definition) is 1. The van der Waals surface area contributed by atoms with Crippen molar-refractivity contribution in [2.24, 2.45) is 17.3 Å². The van der Waals surface area contributed by atoms with Gasteiger partial charge in [0.2, 0.25) is 0 Å². The molecule has 0 saturated heterocycles. The van der Waals surface area contributed by atoms with Crippen LogP contribution in [0.4, 0.5) is 4.79 Å². The third-order valence-corrected chi connectivity index (χ3v) is 8.71. The van der Waals surface area contributed by atoms with E-state index in [1.54, 1.807) is 0 Å². The molecule has 3 aliphatic carbocycles. The van der Waals surface area contributed by atoms with Crippen molar-refractivity contribution < 1.29 is 24.2 Å². The first kappa shape index (κ1) is 27.4. The number of hydrogen-bond acceptors (Lipinski definition) is 4. The lowest BCUT2D eigenvalue weighted by Gasteiger charge is -2.36. The molecule has 0 heterocycles. The molecule has 5 rings (SSSR count). The molecule has 1 saturated carbocycles. The average molecular weight is 532 g/mol. The van der Waals surface area contributed by atoms with Gasteiger partial charge in [0, 0.05) is 5.92 Å². The second-order valence-electron chi connectivity index (χ2n) is 12.9. The monoisotopic (exact) mass is 531 g/mol. The van der Waals surface area contributed by atoms with Gasteiger partial charge in [-0.2, -0.15) is 0 Å². The van der Waals surface area contributed by atoms with Crippen LogP contribution in [-0.4, -0.2) is 53.5 Å². The van der Waals surface area contributed by atoms with Crippen molar-refractivity contribution in [1.82, 2.24) is 4.90 Å². The highest BCUT2D eigenvalue weighted by Gasteiger charge is 2.57. The zero-order valence-corrected chi connectivity index (χ0v) is 24.0. The van der Waals surface area contributed by atoms with Gasteiger partial charge in [-0.1, -0.05) is 74.9 Å². The molecule has 39 heavy (non-hydrogen) atoms. The lowest BCUT2D eigenvalue weighted by atomic mass is 9.85. The van der Waals surface area contributed by atoms with E-state index in [0.29, 0.717) is 11.8 Å². The van der Waals surface area contributed by atoms with Gasteiger partial charge in [0.15, 0.2) is 0 Å². The maximum atomic E-state index is 13.5. The molecule has 0 radical (unpaired) electrons.